The summed E-state index contributed by atoms with van der Waals surface area (Å²) < 4.78 is 5.25. The van der Waals surface area contributed by atoms with Crippen LogP contribution in [-0.2, 0) is 4.79 Å². The molecule has 0 spiro atoms. The van der Waals surface area contributed by atoms with Crippen LogP contribution < -0.4 is 16.2 Å². The van der Waals surface area contributed by atoms with Gasteiger partial charge in [0.1, 0.15) is 5.75 Å². The van der Waals surface area contributed by atoms with Crippen LogP contribution in [0.25, 0.3) is 0 Å². The minimum absolute atomic E-state index is 0.206. The SMILES string of the molecule is CC(=O)Oc1ccccc1C(CCN)SSCCN. The highest BCUT2D eigenvalue weighted by Crippen LogP contribution is 2.43. The van der Waals surface area contributed by atoms with Crippen LogP contribution >= 0.6 is 21.6 Å². The number of benzene rings is 1. The third-order valence-corrected chi connectivity index (χ3v) is 5.20. The monoisotopic (exact) mass is 300 g/mol. The lowest BCUT2D eigenvalue weighted by atomic mass is 10.1. The van der Waals surface area contributed by atoms with Crippen LogP contribution in [0.2, 0.25) is 0 Å². The summed E-state index contributed by atoms with van der Waals surface area (Å²) in [6.07, 6.45) is 0.834. The van der Waals surface area contributed by atoms with Crippen LogP contribution in [0.5, 0.6) is 5.75 Å². The number of rotatable bonds is 8. The second-order valence-corrected chi connectivity index (χ2v) is 6.59. The van der Waals surface area contributed by atoms with Crippen molar-refractivity contribution in [2.75, 3.05) is 18.8 Å². The molecule has 1 aromatic rings. The van der Waals surface area contributed by atoms with Gasteiger partial charge in [-0.3, -0.25) is 4.79 Å². The van der Waals surface area contributed by atoms with Gasteiger partial charge < -0.3 is 16.2 Å². The predicted octanol–water partition coefficient (Wildman–Crippen LogP) is 2.34. The quantitative estimate of drug-likeness (QED) is 0.332. The van der Waals surface area contributed by atoms with Gasteiger partial charge in [0.2, 0.25) is 0 Å². The molecule has 1 unspecified atom stereocenters. The molecule has 0 aliphatic carbocycles. The van der Waals surface area contributed by atoms with Crippen LogP contribution in [0, 0.1) is 0 Å². The van der Waals surface area contributed by atoms with E-state index in [2.05, 4.69) is 0 Å². The minimum Gasteiger partial charge on any atom is -0.426 e. The van der Waals surface area contributed by atoms with Gasteiger partial charge in [-0.1, -0.05) is 39.8 Å². The zero-order chi connectivity index (χ0) is 14.1. The molecule has 1 atom stereocenters. The third-order valence-electron chi connectivity index (χ3n) is 2.33. The average Bonchev–Trinajstić information content (AvgIpc) is 2.38. The largest absolute Gasteiger partial charge is 0.426 e. The molecule has 0 fully saturated rings. The number of carbonyl (C=O) groups excluding carboxylic acids is 1. The van der Waals surface area contributed by atoms with Gasteiger partial charge in [0, 0.05) is 30.0 Å². The highest BCUT2D eigenvalue weighted by Gasteiger charge is 2.17. The molecule has 1 rings (SSSR count). The number of hydrogen-bond donors (Lipinski definition) is 2. The van der Waals surface area contributed by atoms with E-state index >= 15 is 0 Å². The number of esters is 1. The first-order chi connectivity index (χ1) is 9.19. The van der Waals surface area contributed by atoms with Crippen molar-refractivity contribution in [1.82, 2.24) is 0 Å². The Morgan fingerprint density at radius 1 is 1.32 bits per heavy atom. The lowest BCUT2D eigenvalue weighted by molar-refractivity contribution is -0.131. The van der Waals surface area contributed by atoms with E-state index in [1.165, 1.54) is 6.92 Å². The van der Waals surface area contributed by atoms with Crippen molar-refractivity contribution in [3.05, 3.63) is 29.8 Å². The summed E-state index contributed by atoms with van der Waals surface area (Å²) in [6.45, 7) is 2.65. The Bertz CT molecular complexity index is 402. The highest BCUT2D eigenvalue weighted by atomic mass is 33.1. The van der Waals surface area contributed by atoms with E-state index < -0.39 is 0 Å². The van der Waals surface area contributed by atoms with Crippen molar-refractivity contribution in [3.8, 4) is 5.75 Å². The fraction of sp³-hybridized carbons (Fsp3) is 0.462. The number of hydrogen-bond acceptors (Lipinski definition) is 6. The fourth-order valence-corrected chi connectivity index (χ4v) is 4.14. The van der Waals surface area contributed by atoms with E-state index in [0.717, 1.165) is 17.7 Å². The van der Waals surface area contributed by atoms with Gasteiger partial charge in [-0.2, -0.15) is 0 Å². The molecule has 0 aliphatic heterocycles. The molecule has 0 amide bonds. The summed E-state index contributed by atoms with van der Waals surface area (Å²) in [6, 6.07) is 7.60. The molecule has 1 aromatic carbocycles. The van der Waals surface area contributed by atoms with Crippen LogP contribution in [-0.4, -0.2) is 24.8 Å². The lowest BCUT2D eigenvalue weighted by Gasteiger charge is -2.18. The minimum atomic E-state index is -0.307. The van der Waals surface area contributed by atoms with Crippen molar-refractivity contribution in [2.24, 2.45) is 11.5 Å². The van der Waals surface area contributed by atoms with Gasteiger partial charge in [0.25, 0.3) is 0 Å². The molecular weight excluding hydrogens is 280 g/mol. The second-order valence-electron chi connectivity index (χ2n) is 3.90. The van der Waals surface area contributed by atoms with Gasteiger partial charge >= 0.3 is 5.97 Å². The summed E-state index contributed by atoms with van der Waals surface area (Å²) in [4.78, 5) is 11.1. The Morgan fingerprint density at radius 2 is 2.05 bits per heavy atom. The van der Waals surface area contributed by atoms with E-state index in [0.29, 0.717) is 18.8 Å². The summed E-state index contributed by atoms with van der Waals surface area (Å²) in [5.74, 6) is 1.20. The summed E-state index contributed by atoms with van der Waals surface area (Å²) in [5, 5.41) is 0.206. The van der Waals surface area contributed by atoms with Crippen molar-refractivity contribution < 1.29 is 9.53 Å². The number of para-hydroxylation sites is 1. The van der Waals surface area contributed by atoms with E-state index in [1.807, 2.05) is 24.3 Å². The second kappa shape index (κ2) is 9.25. The van der Waals surface area contributed by atoms with Crippen LogP contribution in [0.1, 0.15) is 24.2 Å². The van der Waals surface area contributed by atoms with Gasteiger partial charge in [-0.25, -0.2) is 0 Å². The molecule has 0 saturated heterocycles. The maximum absolute atomic E-state index is 11.1. The topological polar surface area (TPSA) is 78.3 Å². The van der Waals surface area contributed by atoms with Crippen molar-refractivity contribution in [1.29, 1.82) is 0 Å². The van der Waals surface area contributed by atoms with E-state index in [-0.39, 0.29) is 11.2 Å². The summed E-state index contributed by atoms with van der Waals surface area (Å²) in [5.41, 5.74) is 12.2. The first-order valence-corrected chi connectivity index (χ1v) is 8.53. The molecule has 4 N–H and O–H groups in total. The summed E-state index contributed by atoms with van der Waals surface area (Å²) >= 11 is 0. The Hall–Kier alpha value is -0.690. The average molecular weight is 300 g/mol. The number of nitrogens with two attached hydrogens (primary N) is 2. The normalized spacial score (nSPS) is 12.2. The summed E-state index contributed by atoms with van der Waals surface area (Å²) in [7, 11) is 3.45. The molecule has 0 aliphatic rings. The van der Waals surface area contributed by atoms with E-state index in [1.54, 1.807) is 21.6 Å². The Labute approximate surface area is 122 Å². The molecule has 0 aromatic heterocycles. The van der Waals surface area contributed by atoms with Crippen molar-refractivity contribution >= 4 is 27.6 Å². The molecule has 19 heavy (non-hydrogen) atoms. The Balaban J connectivity index is 2.84. The Kier molecular flexibility index (Phi) is 7.97. The molecule has 6 heteroatoms. The molecule has 0 radical (unpaired) electrons. The molecule has 0 bridgehead atoms. The van der Waals surface area contributed by atoms with Crippen LogP contribution in [0.15, 0.2) is 24.3 Å². The highest BCUT2D eigenvalue weighted by molar-refractivity contribution is 8.76. The molecule has 4 nitrogen and oxygen atoms in total. The smallest absolute Gasteiger partial charge is 0.308 e. The van der Waals surface area contributed by atoms with E-state index in [4.69, 9.17) is 16.2 Å². The molecule has 106 valence electrons. The third kappa shape index (κ3) is 5.86. The molecular formula is C13H20N2O2S2. The first kappa shape index (κ1) is 16.4. The number of ether oxygens (including phenoxy) is 1. The van der Waals surface area contributed by atoms with Crippen LogP contribution in [0.4, 0.5) is 0 Å². The van der Waals surface area contributed by atoms with Crippen molar-refractivity contribution in [2.45, 2.75) is 18.6 Å². The molecule has 0 heterocycles. The lowest BCUT2D eigenvalue weighted by Crippen LogP contribution is -2.09. The zero-order valence-electron chi connectivity index (χ0n) is 11.0. The maximum atomic E-state index is 11.1. The Morgan fingerprint density at radius 3 is 2.68 bits per heavy atom. The van der Waals surface area contributed by atoms with Crippen LogP contribution in [0.3, 0.4) is 0 Å². The zero-order valence-corrected chi connectivity index (χ0v) is 12.6. The maximum Gasteiger partial charge on any atom is 0.308 e. The van der Waals surface area contributed by atoms with Gasteiger partial charge in [0.05, 0.1) is 0 Å². The molecule has 0 saturated carbocycles. The number of carbonyl (C=O) groups is 1. The van der Waals surface area contributed by atoms with E-state index in [9.17, 15) is 4.79 Å². The standard InChI is InChI=1S/C13H20N2O2S2/c1-10(16)17-12-5-3-2-4-11(12)13(6-7-14)19-18-9-8-15/h2-5,13H,6-9,14-15H2,1H3. The van der Waals surface area contributed by atoms with Gasteiger partial charge in [-0.05, 0) is 19.0 Å². The van der Waals surface area contributed by atoms with Crippen molar-refractivity contribution in [3.63, 3.8) is 0 Å². The fourth-order valence-electron chi connectivity index (χ4n) is 1.58. The van der Waals surface area contributed by atoms with Gasteiger partial charge in [0.15, 0.2) is 0 Å². The predicted molar refractivity (Wildman–Crippen MR) is 83.3 cm³/mol. The first-order valence-electron chi connectivity index (χ1n) is 6.14. The van der Waals surface area contributed by atoms with Gasteiger partial charge in [-0.15, -0.1) is 0 Å².